The Balaban J connectivity index is 3.06. The molecule has 0 fully saturated rings. The van der Waals surface area contributed by atoms with Crippen molar-refractivity contribution in [3.8, 4) is 0 Å². The lowest BCUT2D eigenvalue weighted by Crippen LogP contribution is -2.48. The molecule has 0 amide bonds. The zero-order valence-electron chi connectivity index (χ0n) is 12.6. The molecule has 1 aromatic carbocycles. The van der Waals surface area contributed by atoms with Crippen LogP contribution in [0, 0.1) is 11.8 Å². The summed E-state index contributed by atoms with van der Waals surface area (Å²) in [6.45, 7) is 8.23. The highest BCUT2D eigenvalue weighted by atomic mass is 79.9. The van der Waals surface area contributed by atoms with E-state index >= 15 is 0 Å². The zero-order valence-corrected chi connectivity index (χ0v) is 14.2. The lowest BCUT2D eigenvalue weighted by molar-refractivity contribution is -0.143. The average Bonchev–Trinajstić information content (AvgIpc) is 2.30. The summed E-state index contributed by atoms with van der Waals surface area (Å²) in [5.74, 6) is -0.150. The van der Waals surface area contributed by atoms with Gasteiger partial charge in [-0.15, -0.1) is 0 Å². The van der Waals surface area contributed by atoms with Crippen molar-refractivity contribution in [1.29, 1.82) is 0 Å². The number of hydrogen-bond donors (Lipinski definition) is 2. The molecule has 1 rings (SSSR count). The molecule has 0 aliphatic heterocycles. The highest BCUT2D eigenvalue weighted by molar-refractivity contribution is 9.10. The molecule has 1 aromatic rings. The van der Waals surface area contributed by atoms with Crippen molar-refractivity contribution < 1.29 is 9.90 Å². The van der Waals surface area contributed by atoms with Gasteiger partial charge < -0.3 is 10.4 Å². The second kappa shape index (κ2) is 7.11. The third kappa shape index (κ3) is 4.82. The summed E-state index contributed by atoms with van der Waals surface area (Å²) in [6, 6.07) is 7.64. The summed E-state index contributed by atoms with van der Waals surface area (Å²) in [5, 5.41) is 13.0. The summed E-state index contributed by atoms with van der Waals surface area (Å²) in [5.41, 5.74) is -0.0622. The Bertz CT molecular complexity index is 430. The van der Waals surface area contributed by atoms with Gasteiger partial charge in [0.05, 0.1) is 0 Å². The van der Waals surface area contributed by atoms with Gasteiger partial charge in [0.2, 0.25) is 0 Å². The molecule has 0 aliphatic rings. The van der Waals surface area contributed by atoms with Crippen LogP contribution < -0.4 is 5.32 Å². The van der Waals surface area contributed by atoms with Crippen LogP contribution in [-0.2, 0) is 4.79 Å². The van der Waals surface area contributed by atoms with E-state index in [0.717, 1.165) is 10.2 Å². The molecule has 0 radical (unpaired) electrons. The Morgan fingerprint density at radius 1 is 1.15 bits per heavy atom. The van der Waals surface area contributed by atoms with Gasteiger partial charge >= 0.3 is 5.97 Å². The van der Waals surface area contributed by atoms with Crippen molar-refractivity contribution in [2.75, 3.05) is 5.32 Å². The SMILES string of the molecule is CC(C)CC(CC(C)C)(Nc1ccc(Br)cc1)C(=O)O. The fourth-order valence-electron chi connectivity index (χ4n) is 2.62. The van der Waals surface area contributed by atoms with Gasteiger partial charge in [-0.3, -0.25) is 0 Å². The number of carboxylic acid groups (broad SMARTS) is 1. The van der Waals surface area contributed by atoms with Crippen LogP contribution >= 0.6 is 15.9 Å². The highest BCUT2D eigenvalue weighted by Gasteiger charge is 2.39. The average molecular weight is 342 g/mol. The van der Waals surface area contributed by atoms with Crippen LogP contribution in [0.15, 0.2) is 28.7 Å². The molecule has 2 N–H and O–H groups in total. The van der Waals surface area contributed by atoms with Crippen LogP contribution in [0.3, 0.4) is 0 Å². The molecule has 0 unspecified atom stereocenters. The number of carbonyl (C=O) groups is 1. The molecule has 4 heteroatoms. The quantitative estimate of drug-likeness (QED) is 0.750. The summed E-state index contributed by atoms with van der Waals surface area (Å²) >= 11 is 3.39. The Morgan fingerprint density at radius 3 is 1.95 bits per heavy atom. The van der Waals surface area contributed by atoms with Crippen LogP contribution in [-0.4, -0.2) is 16.6 Å². The van der Waals surface area contributed by atoms with Gasteiger partial charge in [0, 0.05) is 10.2 Å². The first-order valence-corrected chi connectivity index (χ1v) is 7.81. The van der Waals surface area contributed by atoms with Crippen molar-refractivity contribution >= 4 is 27.6 Å². The Morgan fingerprint density at radius 2 is 1.60 bits per heavy atom. The van der Waals surface area contributed by atoms with E-state index in [4.69, 9.17) is 0 Å². The van der Waals surface area contributed by atoms with Crippen LogP contribution in [0.2, 0.25) is 0 Å². The van der Waals surface area contributed by atoms with E-state index < -0.39 is 11.5 Å². The van der Waals surface area contributed by atoms with E-state index in [1.807, 2.05) is 24.3 Å². The van der Waals surface area contributed by atoms with Crippen LogP contribution in [0.25, 0.3) is 0 Å². The molecule has 0 saturated heterocycles. The first kappa shape index (κ1) is 17.0. The summed E-state index contributed by atoms with van der Waals surface area (Å²) in [4.78, 5) is 11.9. The maximum absolute atomic E-state index is 11.9. The lowest BCUT2D eigenvalue weighted by Gasteiger charge is -2.34. The normalized spacial score (nSPS) is 11.9. The number of halogens is 1. The fraction of sp³-hybridized carbons (Fsp3) is 0.562. The third-order valence-corrected chi connectivity index (χ3v) is 3.68. The number of nitrogens with one attached hydrogen (secondary N) is 1. The molecule has 20 heavy (non-hydrogen) atoms. The van der Waals surface area contributed by atoms with Crippen molar-refractivity contribution in [3.63, 3.8) is 0 Å². The molecule has 0 spiro atoms. The standard InChI is InChI=1S/C16H24BrNO2/c1-11(2)9-16(15(19)20,10-12(3)4)18-14-7-5-13(17)6-8-14/h5-8,11-12,18H,9-10H2,1-4H3,(H,19,20). The Labute approximate surface area is 129 Å². The van der Waals surface area contributed by atoms with Crippen molar-refractivity contribution in [1.82, 2.24) is 0 Å². The van der Waals surface area contributed by atoms with E-state index in [1.165, 1.54) is 0 Å². The predicted molar refractivity (Wildman–Crippen MR) is 87.0 cm³/mol. The minimum atomic E-state index is -0.907. The van der Waals surface area contributed by atoms with E-state index in [0.29, 0.717) is 24.7 Å². The number of rotatable bonds is 7. The number of anilines is 1. The largest absolute Gasteiger partial charge is 0.480 e. The smallest absolute Gasteiger partial charge is 0.329 e. The lowest BCUT2D eigenvalue weighted by atomic mass is 9.81. The van der Waals surface area contributed by atoms with Gasteiger partial charge in [0.25, 0.3) is 0 Å². The van der Waals surface area contributed by atoms with Crippen molar-refractivity contribution in [2.45, 2.75) is 46.1 Å². The van der Waals surface area contributed by atoms with Gasteiger partial charge in [-0.05, 0) is 48.9 Å². The van der Waals surface area contributed by atoms with Gasteiger partial charge in [-0.2, -0.15) is 0 Å². The molecule has 112 valence electrons. The van der Waals surface area contributed by atoms with Crippen LogP contribution in [0.5, 0.6) is 0 Å². The summed E-state index contributed by atoms with van der Waals surface area (Å²) < 4.78 is 0.983. The minimum Gasteiger partial charge on any atom is -0.480 e. The maximum atomic E-state index is 11.9. The van der Waals surface area contributed by atoms with Crippen molar-refractivity contribution in [3.05, 3.63) is 28.7 Å². The minimum absolute atomic E-state index is 0.313. The van der Waals surface area contributed by atoms with Gasteiger partial charge in [0.1, 0.15) is 5.54 Å². The molecule has 0 bridgehead atoms. The van der Waals surface area contributed by atoms with E-state index in [1.54, 1.807) is 0 Å². The molecule has 0 aromatic heterocycles. The second-order valence-electron chi connectivity index (χ2n) is 6.22. The topological polar surface area (TPSA) is 49.3 Å². The number of benzene rings is 1. The number of carboxylic acids is 1. The molecular formula is C16H24BrNO2. The number of aliphatic carboxylic acids is 1. The molecule has 3 nitrogen and oxygen atoms in total. The first-order chi connectivity index (χ1) is 9.25. The first-order valence-electron chi connectivity index (χ1n) is 7.02. The molecular weight excluding hydrogens is 318 g/mol. The zero-order chi connectivity index (χ0) is 15.3. The maximum Gasteiger partial charge on any atom is 0.329 e. The monoisotopic (exact) mass is 341 g/mol. The molecule has 0 heterocycles. The van der Waals surface area contributed by atoms with Gasteiger partial charge in [0.15, 0.2) is 0 Å². The van der Waals surface area contributed by atoms with E-state index in [9.17, 15) is 9.90 Å². The van der Waals surface area contributed by atoms with Crippen LogP contribution in [0.1, 0.15) is 40.5 Å². The predicted octanol–water partition coefficient (Wildman–Crippen LogP) is 4.78. The highest BCUT2D eigenvalue weighted by Crippen LogP contribution is 2.30. The molecule has 0 saturated carbocycles. The summed E-state index contributed by atoms with van der Waals surface area (Å²) in [6.07, 6.45) is 1.22. The van der Waals surface area contributed by atoms with E-state index in [-0.39, 0.29) is 0 Å². The molecule has 0 aliphatic carbocycles. The Kier molecular flexibility index (Phi) is 6.06. The van der Waals surface area contributed by atoms with E-state index in [2.05, 4.69) is 48.9 Å². The van der Waals surface area contributed by atoms with Gasteiger partial charge in [-0.25, -0.2) is 4.79 Å². The molecule has 0 atom stereocenters. The summed E-state index contributed by atoms with van der Waals surface area (Å²) in [7, 11) is 0. The fourth-order valence-corrected chi connectivity index (χ4v) is 2.88. The van der Waals surface area contributed by atoms with Crippen molar-refractivity contribution in [2.24, 2.45) is 11.8 Å². The van der Waals surface area contributed by atoms with Crippen LogP contribution in [0.4, 0.5) is 5.69 Å². The third-order valence-electron chi connectivity index (χ3n) is 3.15. The second-order valence-corrected chi connectivity index (χ2v) is 7.13. The number of hydrogen-bond acceptors (Lipinski definition) is 2. The van der Waals surface area contributed by atoms with Gasteiger partial charge in [-0.1, -0.05) is 43.6 Å². The Hall–Kier alpha value is -1.03.